The van der Waals surface area contributed by atoms with Gasteiger partial charge in [0.1, 0.15) is 5.75 Å². The molecule has 1 amide bonds. The molecule has 1 fully saturated rings. The number of rotatable bonds is 4. The van der Waals surface area contributed by atoms with Gasteiger partial charge in [-0.05, 0) is 78.9 Å². The molecule has 1 aliphatic rings. The van der Waals surface area contributed by atoms with Crippen molar-refractivity contribution in [3.05, 3.63) is 84.3 Å². The Balaban J connectivity index is 1.27. The van der Waals surface area contributed by atoms with Crippen LogP contribution in [0, 0.1) is 0 Å². The molecule has 2 aromatic carbocycles. The molecule has 3 heterocycles. The average Bonchev–Trinajstić information content (AvgIpc) is 3.49. The Morgan fingerprint density at radius 3 is 2.47 bits per heavy atom. The van der Waals surface area contributed by atoms with Crippen LogP contribution in [0.5, 0.6) is 5.75 Å². The van der Waals surface area contributed by atoms with E-state index < -0.39 is 0 Å². The quantitative estimate of drug-likeness (QED) is 0.526. The van der Waals surface area contributed by atoms with Crippen LogP contribution in [0.1, 0.15) is 34.7 Å². The third-order valence-electron chi connectivity index (χ3n) is 6.16. The van der Waals surface area contributed by atoms with Crippen molar-refractivity contribution in [1.82, 2.24) is 14.5 Å². The lowest BCUT2D eigenvalue weighted by molar-refractivity contribution is 0.0713. The number of aromatic nitrogens is 2. The summed E-state index contributed by atoms with van der Waals surface area (Å²) >= 11 is 0. The Bertz CT molecular complexity index is 1150. The number of carbonyl (C=O) groups is 1. The maximum absolute atomic E-state index is 13.0. The third-order valence-corrected chi connectivity index (χ3v) is 6.16. The molecule has 0 radical (unpaired) electrons. The topological polar surface area (TPSA) is 50.3 Å². The summed E-state index contributed by atoms with van der Waals surface area (Å²) in [6, 6.07) is 18.0. The first kappa shape index (κ1) is 18.6. The molecule has 0 aliphatic carbocycles. The van der Waals surface area contributed by atoms with Crippen LogP contribution >= 0.6 is 0 Å². The summed E-state index contributed by atoms with van der Waals surface area (Å²) in [4.78, 5) is 18.3. The van der Waals surface area contributed by atoms with E-state index in [-0.39, 0.29) is 5.91 Å². The molecule has 2 aromatic heterocycles. The Morgan fingerprint density at radius 2 is 1.77 bits per heavy atom. The third kappa shape index (κ3) is 3.36. The molecular formula is C25H25N3O2. The van der Waals surface area contributed by atoms with Gasteiger partial charge in [0.15, 0.2) is 0 Å². The van der Waals surface area contributed by atoms with E-state index in [0.717, 1.165) is 48.4 Å². The number of hydrogen-bond acceptors (Lipinski definition) is 2. The summed E-state index contributed by atoms with van der Waals surface area (Å²) in [6.07, 6.45) is 8.06. The van der Waals surface area contributed by atoms with E-state index in [9.17, 15) is 4.79 Å². The van der Waals surface area contributed by atoms with Crippen molar-refractivity contribution in [2.24, 2.45) is 0 Å². The van der Waals surface area contributed by atoms with E-state index in [1.807, 2.05) is 64.3 Å². The fourth-order valence-electron chi connectivity index (χ4n) is 4.44. The van der Waals surface area contributed by atoms with E-state index in [2.05, 4.69) is 23.3 Å². The highest BCUT2D eigenvalue weighted by molar-refractivity contribution is 5.94. The smallest absolute Gasteiger partial charge is 0.253 e. The minimum Gasteiger partial charge on any atom is -0.497 e. The van der Waals surface area contributed by atoms with Gasteiger partial charge in [0, 0.05) is 53.8 Å². The van der Waals surface area contributed by atoms with Crippen LogP contribution in [0.3, 0.4) is 0 Å². The summed E-state index contributed by atoms with van der Waals surface area (Å²) in [5, 5.41) is 1.22. The molecular weight excluding hydrogens is 374 g/mol. The molecule has 4 aromatic rings. The van der Waals surface area contributed by atoms with Crippen LogP contribution in [0.4, 0.5) is 0 Å². The Hall–Kier alpha value is -3.47. The second-order valence-electron chi connectivity index (χ2n) is 7.86. The highest BCUT2D eigenvalue weighted by atomic mass is 16.5. The Morgan fingerprint density at radius 1 is 1.03 bits per heavy atom. The molecule has 0 atom stereocenters. The fourth-order valence-corrected chi connectivity index (χ4v) is 4.44. The molecule has 1 aliphatic heterocycles. The standard InChI is InChI=1S/C25H25N3O2/c1-30-21-8-9-24-22(16-21)23(17-26-24)18-10-14-28(15-11-18)25(29)19-4-6-20(7-5-19)27-12-2-3-13-27/h2-9,12-13,16-18,26H,10-11,14-15H2,1H3. The number of benzene rings is 2. The Kier molecular flexibility index (Phi) is 4.79. The molecule has 0 bridgehead atoms. The number of nitrogens with one attached hydrogen (secondary N) is 1. The predicted molar refractivity (Wildman–Crippen MR) is 118 cm³/mol. The lowest BCUT2D eigenvalue weighted by Crippen LogP contribution is -2.37. The van der Waals surface area contributed by atoms with Crippen molar-refractivity contribution in [2.45, 2.75) is 18.8 Å². The first-order valence-electron chi connectivity index (χ1n) is 10.4. The molecule has 1 saturated heterocycles. The number of ether oxygens (including phenoxy) is 1. The maximum atomic E-state index is 13.0. The highest BCUT2D eigenvalue weighted by Gasteiger charge is 2.26. The van der Waals surface area contributed by atoms with E-state index in [4.69, 9.17) is 4.74 Å². The molecule has 0 spiro atoms. The van der Waals surface area contributed by atoms with Gasteiger partial charge in [-0.25, -0.2) is 0 Å². The second-order valence-corrected chi connectivity index (χ2v) is 7.86. The lowest BCUT2D eigenvalue weighted by Gasteiger charge is -2.32. The van der Waals surface area contributed by atoms with Crippen molar-refractivity contribution in [1.29, 1.82) is 0 Å². The minimum absolute atomic E-state index is 0.119. The SMILES string of the molecule is COc1ccc2[nH]cc(C3CCN(C(=O)c4ccc(-n5cccc5)cc4)CC3)c2c1. The number of amides is 1. The van der Waals surface area contributed by atoms with Gasteiger partial charge < -0.3 is 19.2 Å². The molecule has 30 heavy (non-hydrogen) atoms. The molecule has 152 valence electrons. The predicted octanol–water partition coefficient (Wildman–Crippen LogP) is 4.99. The summed E-state index contributed by atoms with van der Waals surface area (Å²) in [5.74, 6) is 1.44. The molecule has 0 saturated carbocycles. The number of carbonyl (C=O) groups excluding carboxylic acids is 1. The summed E-state index contributed by atoms with van der Waals surface area (Å²) in [5.41, 5.74) is 4.27. The van der Waals surface area contributed by atoms with Gasteiger partial charge in [0.05, 0.1) is 7.11 Å². The average molecular weight is 399 g/mol. The summed E-state index contributed by atoms with van der Waals surface area (Å²) < 4.78 is 7.43. The first-order chi connectivity index (χ1) is 14.7. The van der Waals surface area contributed by atoms with Crippen LogP contribution in [-0.4, -0.2) is 40.6 Å². The number of nitrogens with zero attached hydrogens (tertiary/aromatic N) is 2. The zero-order chi connectivity index (χ0) is 20.5. The fraction of sp³-hybridized carbons (Fsp3) is 0.240. The molecule has 5 nitrogen and oxygen atoms in total. The number of H-pyrrole nitrogens is 1. The molecule has 1 N–H and O–H groups in total. The highest BCUT2D eigenvalue weighted by Crippen LogP contribution is 2.35. The lowest BCUT2D eigenvalue weighted by atomic mass is 9.89. The molecule has 5 heteroatoms. The van der Waals surface area contributed by atoms with Crippen molar-refractivity contribution in [2.75, 3.05) is 20.2 Å². The number of fused-ring (bicyclic) bond motifs is 1. The monoisotopic (exact) mass is 399 g/mol. The maximum Gasteiger partial charge on any atom is 0.253 e. The number of hydrogen-bond donors (Lipinski definition) is 1. The van der Waals surface area contributed by atoms with Gasteiger partial charge >= 0.3 is 0 Å². The minimum atomic E-state index is 0.119. The number of aromatic amines is 1. The molecule has 0 unspecified atom stereocenters. The van der Waals surface area contributed by atoms with Crippen LogP contribution in [0.2, 0.25) is 0 Å². The van der Waals surface area contributed by atoms with Crippen LogP contribution in [-0.2, 0) is 0 Å². The van der Waals surface area contributed by atoms with E-state index in [1.54, 1.807) is 7.11 Å². The van der Waals surface area contributed by atoms with Crippen molar-refractivity contribution >= 4 is 16.8 Å². The van der Waals surface area contributed by atoms with Crippen molar-refractivity contribution in [3.8, 4) is 11.4 Å². The number of methoxy groups -OCH3 is 1. The summed E-state index contributed by atoms with van der Waals surface area (Å²) in [6.45, 7) is 1.55. The number of piperidine rings is 1. The van der Waals surface area contributed by atoms with Gasteiger partial charge in [-0.15, -0.1) is 0 Å². The summed E-state index contributed by atoms with van der Waals surface area (Å²) in [7, 11) is 1.70. The van der Waals surface area contributed by atoms with Gasteiger partial charge in [0.2, 0.25) is 0 Å². The normalized spacial score (nSPS) is 14.9. The zero-order valence-electron chi connectivity index (χ0n) is 17.0. The van der Waals surface area contributed by atoms with Crippen LogP contribution in [0.15, 0.2) is 73.2 Å². The number of likely N-dealkylation sites (tertiary alicyclic amines) is 1. The van der Waals surface area contributed by atoms with Crippen LogP contribution < -0.4 is 4.74 Å². The van der Waals surface area contributed by atoms with Gasteiger partial charge in [-0.2, -0.15) is 0 Å². The second kappa shape index (κ2) is 7.75. The first-order valence-corrected chi connectivity index (χ1v) is 10.4. The van der Waals surface area contributed by atoms with Crippen LogP contribution in [0.25, 0.3) is 16.6 Å². The zero-order valence-corrected chi connectivity index (χ0v) is 17.0. The largest absolute Gasteiger partial charge is 0.497 e. The van der Waals surface area contributed by atoms with Gasteiger partial charge in [-0.3, -0.25) is 4.79 Å². The van der Waals surface area contributed by atoms with Gasteiger partial charge in [0.25, 0.3) is 5.91 Å². The van der Waals surface area contributed by atoms with E-state index in [0.29, 0.717) is 5.92 Å². The van der Waals surface area contributed by atoms with E-state index >= 15 is 0 Å². The van der Waals surface area contributed by atoms with Crippen molar-refractivity contribution in [3.63, 3.8) is 0 Å². The van der Waals surface area contributed by atoms with Crippen molar-refractivity contribution < 1.29 is 9.53 Å². The van der Waals surface area contributed by atoms with E-state index in [1.165, 1.54) is 10.9 Å². The molecule has 5 rings (SSSR count). The Labute approximate surface area is 175 Å². The van der Waals surface area contributed by atoms with Gasteiger partial charge in [-0.1, -0.05) is 0 Å².